The molecule has 0 bridgehead atoms. The second-order valence-electron chi connectivity index (χ2n) is 4.35. The van der Waals surface area contributed by atoms with Gasteiger partial charge in [0.25, 0.3) is 0 Å². The van der Waals surface area contributed by atoms with Crippen molar-refractivity contribution >= 4 is 35.0 Å². The molecule has 0 spiro atoms. The highest BCUT2D eigenvalue weighted by atomic mass is 35.5. The molecule has 0 aromatic rings. The van der Waals surface area contributed by atoms with Crippen LogP contribution >= 0.6 is 23.2 Å². The van der Waals surface area contributed by atoms with E-state index in [9.17, 15) is 9.59 Å². The molecule has 0 amide bonds. The Labute approximate surface area is 112 Å². The van der Waals surface area contributed by atoms with Gasteiger partial charge in [0, 0.05) is 17.2 Å². The van der Waals surface area contributed by atoms with Gasteiger partial charge in [-0.15, -0.1) is 23.2 Å². The van der Waals surface area contributed by atoms with E-state index in [4.69, 9.17) is 27.9 Å². The number of hydrogen-bond acceptors (Lipinski definition) is 3. The standard InChI is InChI=1S/C12H18Cl2O3/c1-2-17-12(16)7-8(15)6-9-10(13)4-3-5-11(9)14/h9-11H,2-7H2,1H3. The first-order chi connectivity index (χ1) is 8.04. The number of hydrogen-bond donors (Lipinski definition) is 0. The number of carbonyl (C=O) groups is 2. The van der Waals surface area contributed by atoms with Gasteiger partial charge in [-0.2, -0.15) is 0 Å². The topological polar surface area (TPSA) is 43.4 Å². The normalized spacial score (nSPS) is 28.8. The third-order valence-corrected chi connectivity index (χ3v) is 4.08. The Hall–Kier alpha value is -0.280. The van der Waals surface area contributed by atoms with Gasteiger partial charge < -0.3 is 4.74 Å². The predicted molar refractivity (Wildman–Crippen MR) is 67.5 cm³/mol. The minimum atomic E-state index is -0.467. The molecule has 98 valence electrons. The smallest absolute Gasteiger partial charge is 0.313 e. The van der Waals surface area contributed by atoms with Crippen LogP contribution in [0.4, 0.5) is 0 Å². The van der Waals surface area contributed by atoms with Gasteiger partial charge in [-0.25, -0.2) is 0 Å². The zero-order valence-corrected chi connectivity index (χ0v) is 11.5. The van der Waals surface area contributed by atoms with Gasteiger partial charge in [-0.1, -0.05) is 6.42 Å². The summed E-state index contributed by atoms with van der Waals surface area (Å²) in [5.41, 5.74) is 0. The summed E-state index contributed by atoms with van der Waals surface area (Å²) >= 11 is 12.3. The highest BCUT2D eigenvalue weighted by molar-refractivity contribution is 6.24. The lowest BCUT2D eigenvalue weighted by Gasteiger charge is -2.30. The Morgan fingerprint density at radius 1 is 1.24 bits per heavy atom. The molecule has 0 aromatic heterocycles. The largest absolute Gasteiger partial charge is 0.466 e. The molecule has 1 aliphatic rings. The number of halogens is 2. The third kappa shape index (κ3) is 4.84. The maximum Gasteiger partial charge on any atom is 0.313 e. The fourth-order valence-corrected chi connectivity index (χ4v) is 3.04. The average molecular weight is 281 g/mol. The summed E-state index contributed by atoms with van der Waals surface area (Å²) in [4.78, 5) is 22.8. The number of Topliss-reactive ketones (excluding diaryl/α,β-unsaturated/α-hetero) is 1. The van der Waals surface area contributed by atoms with Crippen molar-refractivity contribution in [2.75, 3.05) is 6.61 Å². The van der Waals surface area contributed by atoms with Gasteiger partial charge in [0.05, 0.1) is 6.61 Å². The van der Waals surface area contributed by atoms with E-state index in [1.165, 1.54) is 0 Å². The first kappa shape index (κ1) is 14.8. The maximum atomic E-state index is 11.7. The number of alkyl halides is 2. The molecule has 2 unspecified atom stereocenters. The second kappa shape index (κ2) is 7.22. The van der Waals surface area contributed by atoms with E-state index in [2.05, 4.69) is 0 Å². The molecule has 5 heteroatoms. The number of ketones is 1. The third-order valence-electron chi connectivity index (χ3n) is 3.00. The molecule has 0 aliphatic heterocycles. The summed E-state index contributed by atoms with van der Waals surface area (Å²) in [5, 5.41) is -0.116. The first-order valence-electron chi connectivity index (χ1n) is 6.00. The van der Waals surface area contributed by atoms with Crippen molar-refractivity contribution in [1.82, 2.24) is 0 Å². The molecule has 0 radical (unpaired) electrons. The molecule has 1 fully saturated rings. The lowest BCUT2D eigenvalue weighted by molar-refractivity contribution is -0.145. The molecule has 2 atom stereocenters. The van der Waals surface area contributed by atoms with E-state index in [-0.39, 0.29) is 35.3 Å². The van der Waals surface area contributed by atoms with Crippen molar-refractivity contribution in [2.24, 2.45) is 5.92 Å². The molecule has 0 saturated heterocycles. The Morgan fingerprint density at radius 3 is 2.35 bits per heavy atom. The molecule has 1 aliphatic carbocycles. The highest BCUT2D eigenvalue weighted by Gasteiger charge is 2.32. The SMILES string of the molecule is CCOC(=O)CC(=O)CC1C(Cl)CCCC1Cl. The Kier molecular flexibility index (Phi) is 6.28. The van der Waals surface area contributed by atoms with Gasteiger partial charge in [0.1, 0.15) is 12.2 Å². The second-order valence-corrected chi connectivity index (χ2v) is 5.47. The van der Waals surface area contributed by atoms with Crippen LogP contribution in [0.25, 0.3) is 0 Å². The fraction of sp³-hybridized carbons (Fsp3) is 0.833. The lowest BCUT2D eigenvalue weighted by atomic mass is 9.84. The number of esters is 1. The maximum absolute atomic E-state index is 11.7. The van der Waals surface area contributed by atoms with Crippen LogP contribution in [-0.4, -0.2) is 29.1 Å². The van der Waals surface area contributed by atoms with Crippen molar-refractivity contribution in [3.63, 3.8) is 0 Å². The van der Waals surface area contributed by atoms with E-state index in [1.807, 2.05) is 0 Å². The highest BCUT2D eigenvalue weighted by Crippen LogP contribution is 2.35. The van der Waals surface area contributed by atoms with Crippen molar-refractivity contribution in [3.05, 3.63) is 0 Å². The monoisotopic (exact) mass is 280 g/mol. The van der Waals surface area contributed by atoms with Gasteiger partial charge in [-0.3, -0.25) is 9.59 Å². The summed E-state index contributed by atoms with van der Waals surface area (Å²) < 4.78 is 4.73. The van der Waals surface area contributed by atoms with Gasteiger partial charge >= 0.3 is 5.97 Å². The van der Waals surface area contributed by atoms with E-state index < -0.39 is 5.97 Å². The van der Waals surface area contributed by atoms with Crippen LogP contribution in [-0.2, 0) is 14.3 Å². The van der Waals surface area contributed by atoms with Crippen molar-refractivity contribution in [2.45, 2.75) is 49.8 Å². The van der Waals surface area contributed by atoms with E-state index >= 15 is 0 Å². The van der Waals surface area contributed by atoms with Crippen LogP contribution in [0.3, 0.4) is 0 Å². The minimum absolute atomic E-state index is 0.0194. The van der Waals surface area contributed by atoms with Gasteiger partial charge in [0.2, 0.25) is 0 Å². The summed E-state index contributed by atoms with van der Waals surface area (Å²) in [6.45, 7) is 2.01. The molecule has 0 aromatic carbocycles. The molecule has 0 N–H and O–H groups in total. The van der Waals surface area contributed by atoms with E-state index in [0.717, 1.165) is 19.3 Å². The lowest BCUT2D eigenvalue weighted by Crippen LogP contribution is -2.32. The summed E-state index contributed by atoms with van der Waals surface area (Å²) in [5.74, 6) is -0.619. The zero-order chi connectivity index (χ0) is 12.8. The molecule has 17 heavy (non-hydrogen) atoms. The molecular formula is C12H18Cl2O3. The van der Waals surface area contributed by atoms with Crippen LogP contribution in [0.15, 0.2) is 0 Å². The molecule has 3 nitrogen and oxygen atoms in total. The molecule has 0 heterocycles. The Morgan fingerprint density at radius 2 is 1.82 bits per heavy atom. The molecule has 1 saturated carbocycles. The molecular weight excluding hydrogens is 263 g/mol. The van der Waals surface area contributed by atoms with Crippen molar-refractivity contribution in [1.29, 1.82) is 0 Å². The summed E-state index contributed by atoms with van der Waals surface area (Å²) in [6, 6.07) is 0. The predicted octanol–water partition coefficient (Wildman–Crippen LogP) is 2.91. The van der Waals surface area contributed by atoms with Crippen molar-refractivity contribution < 1.29 is 14.3 Å². The number of rotatable bonds is 5. The summed E-state index contributed by atoms with van der Waals surface area (Å²) in [7, 11) is 0. The quantitative estimate of drug-likeness (QED) is 0.442. The minimum Gasteiger partial charge on any atom is -0.466 e. The summed E-state index contributed by atoms with van der Waals surface area (Å²) in [6.07, 6.45) is 2.90. The Bertz CT molecular complexity index is 271. The first-order valence-corrected chi connectivity index (χ1v) is 6.87. The van der Waals surface area contributed by atoms with Crippen LogP contribution in [0, 0.1) is 5.92 Å². The van der Waals surface area contributed by atoms with Crippen LogP contribution in [0.2, 0.25) is 0 Å². The molecule has 1 rings (SSSR count). The van der Waals surface area contributed by atoms with Crippen molar-refractivity contribution in [3.8, 4) is 0 Å². The number of ether oxygens (including phenoxy) is 1. The van der Waals surface area contributed by atoms with Crippen LogP contribution in [0.5, 0.6) is 0 Å². The Balaban J connectivity index is 2.41. The van der Waals surface area contributed by atoms with Gasteiger partial charge in [0.15, 0.2) is 0 Å². The fourth-order valence-electron chi connectivity index (χ4n) is 2.13. The van der Waals surface area contributed by atoms with Gasteiger partial charge in [-0.05, 0) is 25.7 Å². The zero-order valence-electron chi connectivity index (χ0n) is 9.96. The van der Waals surface area contributed by atoms with E-state index in [0.29, 0.717) is 6.61 Å². The van der Waals surface area contributed by atoms with Crippen LogP contribution < -0.4 is 0 Å². The average Bonchev–Trinajstić information content (AvgIpc) is 2.24. The van der Waals surface area contributed by atoms with Crippen LogP contribution in [0.1, 0.15) is 39.0 Å². The van der Waals surface area contributed by atoms with E-state index in [1.54, 1.807) is 6.92 Å². The number of carbonyl (C=O) groups excluding carboxylic acids is 2.